The highest BCUT2D eigenvalue weighted by molar-refractivity contribution is 5.73. The van der Waals surface area contributed by atoms with Gasteiger partial charge in [-0.2, -0.15) is 0 Å². The van der Waals surface area contributed by atoms with Gasteiger partial charge in [-0.05, 0) is 51.1 Å². The maximum Gasteiger partial charge on any atom is 0.320 e. The lowest BCUT2D eigenvalue weighted by molar-refractivity contribution is -0.139. The number of nitrogens with zero attached hydrogens (tertiary/aromatic N) is 1. The minimum atomic E-state index is -0.861. The van der Waals surface area contributed by atoms with Gasteiger partial charge in [0.2, 0.25) is 0 Å². The Hall–Kier alpha value is -0.610. The molecule has 15 heavy (non-hydrogen) atoms. The summed E-state index contributed by atoms with van der Waals surface area (Å²) in [6.45, 7) is 2.28. The molecule has 1 heterocycles. The Bertz CT molecular complexity index is 233. The molecule has 1 saturated carbocycles. The van der Waals surface area contributed by atoms with Crippen molar-refractivity contribution < 1.29 is 9.90 Å². The maximum atomic E-state index is 10.6. The molecule has 1 unspecified atom stereocenters. The standard InChI is InChI=1S/C11H20N2O2/c12-10(11(14)15)7-8-3-5-13(6-4-8)9-1-2-9/h8-10H,1-7,12H2,(H,14,15). The van der Waals surface area contributed by atoms with E-state index in [1.54, 1.807) is 0 Å². The van der Waals surface area contributed by atoms with Crippen molar-refractivity contribution in [3.05, 3.63) is 0 Å². The zero-order valence-electron chi connectivity index (χ0n) is 9.06. The first-order valence-corrected chi connectivity index (χ1v) is 5.89. The van der Waals surface area contributed by atoms with Gasteiger partial charge in [-0.25, -0.2) is 0 Å². The van der Waals surface area contributed by atoms with Crippen LogP contribution in [0.25, 0.3) is 0 Å². The molecule has 2 fully saturated rings. The smallest absolute Gasteiger partial charge is 0.320 e. The van der Waals surface area contributed by atoms with E-state index in [0.717, 1.165) is 32.0 Å². The Kier molecular flexibility index (Phi) is 3.26. The number of piperidine rings is 1. The van der Waals surface area contributed by atoms with Crippen LogP contribution in [0.5, 0.6) is 0 Å². The Labute approximate surface area is 90.4 Å². The molecule has 0 radical (unpaired) electrons. The maximum absolute atomic E-state index is 10.6. The van der Waals surface area contributed by atoms with E-state index in [4.69, 9.17) is 10.8 Å². The van der Waals surface area contributed by atoms with Gasteiger partial charge >= 0.3 is 5.97 Å². The molecular weight excluding hydrogens is 192 g/mol. The molecule has 0 spiro atoms. The molecule has 0 aromatic rings. The van der Waals surface area contributed by atoms with Crippen molar-refractivity contribution in [1.82, 2.24) is 4.90 Å². The number of aliphatic carboxylic acids is 1. The molecule has 4 nitrogen and oxygen atoms in total. The van der Waals surface area contributed by atoms with E-state index in [1.165, 1.54) is 12.8 Å². The molecule has 1 aliphatic carbocycles. The van der Waals surface area contributed by atoms with Crippen LogP contribution in [0.3, 0.4) is 0 Å². The second-order valence-electron chi connectivity index (χ2n) is 4.89. The van der Waals surface area contributed by atoms with Crippen LogP contribution in [0.2, 0.25) is 0 Å². The number of likely N-dealkylation sites (tertiary alicyclic amines) is 1. The van der Waals surface area contributed by atoms with Crippen molar-refractivity contribution >= 4 is 5.97 Å². The van der Waals surface area contributed by atoms with Crippen LogP contribution in [-0.2, 0) is 4.79 Å². The monoisotopic (exact) mass is 212 g/mol. The zero-order chi connectivity index (χ0) is 10.8. The number of hydrogen-bond acceptors (Lipinski definition) is 3. The van der Waals surface area contributed by atoms with Gasteiger partial charge in [0.25, 0.3) is 0 Å². The molecule has 86 valence electrons. The summed E-state index contributed by atoms with van der Waals surface area (Å²) in [4.78, 5) is 13.2. The summed E-state index contributed by atoms with van der Waals surface area (Å²) in [6, 6.07) is 0.182. The second kappa shape index (κ2) is 4.49. The second-order valence-corrected chi connectivity index (χ2v) is 4.89. The fourth-order valence-corrected chi connectivity index (χ4v) is 2.45. The Morgan fingerprint density at radius 3 is 2.40 bits per heavy atom. The van der Waals surface area contributed by atoms with Crippen LogP contribution < -0.4 is 5.73 Å². The lowest BCUT2D eigenvalue weighted by atomic mass is 9.90. The molecule has 0 bridgehead atoms. The van der Waals surface area contributed by atoms with Gasteiger partial charge in [-0.3, -0.25) is 4.79 Å². The van der Waals surface area contributed by atoms with Gasteiger partial charge in [0.1, 0.15) is 6.04 Å². The first-order chi connectivity index (χ1) is 7.16. The average molecular weight is 212 g/mol. The zero-order valence-corrected chi connectivity index (χ0v) is 9.06. The van der Waals surface area contributed by atoms with Crippen LogP contribution in [0.1, 0.15) is 32.1 Å². The fraction of sp³-hybridized carbons (Fsp3) is 0.909. The molecule has 2 aliphatic rings. The minimum Gasteiger partial charge on any atom is -0.480 e. The number of carboxylic acids is 1. The lowest BCUT2D eigenvalue weighted by Gasteiger charge is -2.32. The molecule has 1 atom stereocenters. The SMILES string of the molecule is NC(CC1CCN(C2CC2)CC1)C(=O)O. The molecular formula is C11H20N2O2. The van der Waals surface area contributed by atoms with E-state index in [1.807, 2.05) is 0 Å². The summed E-state index contributed by atoms with van der Waals surface area (Å²) in [7, 11) is 0. The largest absolute Gasteiger partial charge is 0.480 e. The van der Waals surface area contributed by atoms with Crippen LogP contribution in [0, 0.1) is 5.92 Å². The van der Waals surface area contributed by atoms with Crippen molar-refractivity contribution in [2.75, 3.05) is 13.1 Å². The predicted molar refractivity (Wildman–Crippen MR) is 57.5 cm³/mol. The van der Waals surface area contributed by atoms with Crippen LogP contribution >= 0.6 is 0 Å². The van der Waals surface area contributed by atoms with Crippen LogP contribution in [0.4, 0.5) is 0 Å². The number of nitrogens with two attached hydrogens (primary N) is 1. The summed E-state index contributed by atoms with van der Waals surface area (Å²) in [5.41, 5.74) is 5.54. The summed E-state index contributed by atoms with van der Waals surface area (Å²) in [6.07, 6.45) is 5.61. The number of carbonyl (C=O) groups is 1. The van der Waals surface area contributed by atoms with Gasteiger partial charge in [0, 0.05) is 6.04 Å². The van der Waals surface area contributed by atoms with Crippen LogP contribution in [-0.4, -0.2) is 41.1 Å². The third-order valence-electron chi connectivity index (χ3n) is 3.62. The first-order valence-electron chi connectivity index (χ1n) is 5.89. The molecule has 0 aromatic carbocycles. The Morgan fingerprint density at radius 1 is 1.33 bits per heavy atom. The van der Waals surface area contributed by atoms with Crippen molar-refractivity contribution in [2.24, 2.45) is 11.7 Å². The van der Waals surface area contributed by atoms with Crippen molar-refractivity contribution in [3.8, 4) is 0 Å². The Morgan fingerprint density at radius 2 is 1.93 bits per heavy atom. The van der Waals surface area contributed by atoms with Gasteiger partial charge < -0.3 is 15.7 Å². The summed E-state index contributed by atoms with van der Waals surface area (Å²) >= 11 is 0. The molecule has 3 N–H and O–H groups in total. The van der Waals surface area contributed by atoms with E-state index in [9.17, 15) is 4.79 Å². The summed E-state index contributed by atoms with van der Waals surface area (Å²) in [5.74, 6) is -0.342. The van der Waals surface area contributed by atoms with E-state index >= 15 is 0 Å². The molecule has 1 saturated heterocycles. The highest BCUT2D eigenvalue weighted by atomic mass is 16.4. The molecule has 2 rings (SSSR count). The number of carboxylic acid groups (broad SMARTS) is 1. The van der Waals surface area contributed by atoms with E-state index < -0.39 is 12.0 Å². The molecule has 0 aromatic heterocycles. The third-order valence-corrected chi connectivity index (χ3v) is 3.62. The highest BCUT2D eigenvalue weighted by Crippen LogP contribution is 2.31. The normalized spacial score (nSPS) is 26.5. The fourth-order valence-electron chi connectivity index (χ4n) is 2.45. The average Bonchev–Trinajstić information content (AvgIpc) is 3.02. The van der Waals surface area contributed by atoms with Gasteiger partial charge in [-0.1, -0.05) is 0 Å². The van der Waals surface area contributed by atoms with E-state index in [0.29, 0.717) is 12.3 Å². The van der Waals surface area contributed by atoms with E-state index in [-0.39, 0.29) is 0 Å². The molecule has 1 aliphatic heterocycles. The van der Waals surface area contributed by atoms with Crippen molar-refractivity contribution in [1.29, 1.82) is 0 Å². The van der Waals surface area contributed by atoms with Gasteiger partial charge in [0.15, 0.2) is 0 Å². The highest BCUT2D eigenvalue weighted by Gasteiger charge is 2.32. The minimum absolute atomic E-state index is 0.520. The quantitative estimate of drug-likeness (QED) is 0.718. The summed E-state index contributed by atoms with van der Waals surface area (Å²) < 4.78 is 0. The van der Waals surface area contributed by atoms with Crippen molar-refractivity contribution in [2.45, 2.75) is 44.2 Å². The van der Waals surface area contributed by atoms with E-state index in [2.05, 4.69) is 4.90 Å². The van der Waals surface area contributed by atoms with Crippen molar-refractivity contribution in [3.63, 3.8) is 0 Å². The van der Waals surface area contributed by atoms with Gasteiger partial charge in [0.05, 0.1) is 0 Å². The third kappa shape index (κ3) is 2.92. The predicted octanol–water partition coefficient (Wildman–Crippen LogP) is 0.663. The van der Waals surface area contributed by atoms with Gasteiger partial charge in [-0.15, -0.1) is 0 Å². The topological polar surface area (TPSA) is 66.6 Å². The lowest BCUT2D eigenvalue weighted by Crippen LogP contribution is -2.39. The first kappa shape index (κ1) is 10.9. The van der Waals surface area contributed by atoms with Crippen LogP contribution in [0.15, 0.2) is 0 Å². The Balaban J connectivity index is 1.70. The molecule has 4 heteroatoms. The summed E-state index contributed by atoms with van der Waals surface area (Å²) in [5, 5.41) is 8.73. The molecule has 0 amide bonds. The number of hydrogen-bond donors (Lipinski definition) is 2. The number of rotatable bonds is 4.